The number of aryl methyl sites for hydroxylation is 1. The second kappa shape index (κ2) is 19.9. The number of carbonyl (C=O) groups is 4. The van der Waals surface area contributed by atoms with Crippen molar-refractivity contribution in [2.45, 2.75) is 89.6 Å². The molecule has 15 heteroatoms. The van der Waals surface area contributed by atoms with E-state index in [0.717, 1.165) is 69.9 Å². The molecule has 332 valence electrons. The zero-order valence-electron chi connectivity index (χ0n) is 36.5. The number of benzene rings is 2. The molecule has 3 saturated heterocycles. The number of unbranched alkanes of at least 4 members (excludes halogenated alkanes) is 1. The van der Waals surface area contributed by atoms with Gasteiger partial charge in [-0.1, -0.05) is 37.6 Å². The number of likely N-dealkylation sites (tertiary alicyclic amines) is 2. The lowest BCUT2D eigenvalue weighted by atomic mass is 9.89. The molecule has 5 amide bonds. The van der Waals surface area contributed by atoms with Crippen LogP contribution >= 0.6 is 0 Å². The maximum absolute atomic E-state index is 14.7. The third-order valence-electron chi connectivity index (χ3n) is 13.4. The van der Waals surface area contributed by atoms with Gasteiger partial charge in [0.1, 0.15) is 12.1 Å². The molecule has 15 nitrogen and oxygen atoms in total. The lowest BCUT2D eigenvalue weighted by Gasteiger charge is -2.39. The fourth-order valence-electron chi connectivity index (χ4n) is 9.67. The van der Waals surface area contributed by atoms with Crippen LogP contribution in [0.25, 0.3) is 21.8 Å². The molecule has 3 aliphatic heterocycles. The van der Waals surface area contributed by atoms with E-state index in [-0.39, 0.29) is 41.7 Å². The maximum Gasteiger partial charge on any atom is 0.318 e. The molecule has 3 fully saturated rings. The summed E-state index contributed by atoms with van der Waals surface area (Å²) >= 11 is 0. The standard InChI is InChI=1S/C48H60N10O5/c1-3-4-9-43(59)56-18-12-33(13-19-56)28-42(47(62)57-24-22-55(23-25-57)38-10-16-49-17-11-38)52-46(61)41(29-34-26-32(2)44-37(27-34)31-50-54-44)53-48(63)58-20-14-35(15-21-58)39-30-36-7-5-6-8-40(36)51-45(39)60/h5-8,10-11,16-17,26-27,30-31,33,35,41-42H,3-4,9,12-15,18-25,28-29H2,1-2H3,(H,50,54)(H,51,60)(H,52,61)(H,53,63)/t41-,42-/m1/s1. The minimum atomic E-state index is -0.987. The number of aromatic amines is 2. The number of urea groups is 1. The number of nitrogens with one attached hydrogen (secondary N) is 4. The van der Waals surface area contributed by atoms with Gasteiger partial charge in [-0.15, -0.1) is 0 Å². The fourth-order valence-corrected chi connectivity index (χ4v) is 9.67. The number of hydrogen-bond acceptors (Lipinski definition) is 8. The highest BCUT2D eigenvalue weighted by molar-refractivity contribution is 5.92. The highest BCUT2D eigenvalue weighted by atomic mass is 16.2. The van der Waals surface area contributed by atoms with Crippen molar-refractivity contribution >= 4 is 51.2 Å². The van der Waals surface area contributed by atoms with E-state index in [1.165, 1.54) is 0 Å². The quantitative estimate of drug-likeness (QED) is 0.124. The molecular weight excluding hydrogens is 797 g/mol. The Morgan fingerprint density at radius 1 is 0.810 bits per heavy atom. The summed E-state index contributed by atoms with van der Waals surface area (Å²) in [6.07, 6.45) is 11.0. The van der Waals surface area contributed by atoms with Gasteiger partial charge in [-0.3, -0.25) is 29.3 Å². The number of fused-ring (bicyclic) bond motifs is 2. The fraction of sp³-hybridized carbons (Fsp3) is 0.479. The molecule has 8 rings (SSSR count). The van der Waals surface area contributed by atoms with Crippen molar-refractivity contribution in [1.82, 2.24) is 45.5 Å². The first kappa shape index (κ1) is 43.4. The van der Waals surface area contributed by atoms with Crippen molar-refractivity contribution < 1.29 is 19.2 Å². The van der Waals surface area contributed by atoms with Crippen LogP contribution in [0, 0.1) is 12.8 Å². The number of carbonyl (C=O) groups excluding carboxylic acids is 4. The molecule has 0 radical (unpaired) electrons. The molecule has 0 spiro atoms. The van der Waals surface area contributed by atoms with Crippen molar-refractivity contribution in [3.63, 3.8) is 0 Å². The van der Waals surface area contributed by atoms with Crippen LogP contribution in [0.15, 0.2) is 78.0 Å². The summed E-state index contributed by atoms with van der Waals surface area (Å²) in [6, 6.07) is 15.4. The minimum Gasteiger partial charge on any atom is -0.368 e. The Morgan fingerprint density at radius 2 is 1.54 bits per heavy atom. The van der Waals surface area contributed by atoms with Crippen molar-refractivity contribution in [2.24, 2.45) is 5.92 Å². The van der Waals surface area contributed by atoms with E-state index < -0.39 is 18.0 Å². The summed E-state index contributed by atoms with van der Waals surface area (Å²) < 4.78 is 0. The van der Waals surface area contributed by atoms with Gasteiger partial charge >= 0.3 is 6.03 Å². The third-order valence-corrected chi connectivity index (χ3v) is 13.4. The van der Waals surface area contributed by atoms with Crippen LogP contribution in [0.2, 0.25) is 0 Å². The third kappa shape index (κ3) is 10.3. The van der Waals surface area contributed by atoms with Gasteiger partial charge in [0.15, 0.2) is 0 Å². The molecule has 0 unspecified atom stereocenters. The zero-order valence-corrected chi connectivity index (χ0v) is 36.5. The number of nitrogens with zero attached hydrogens (tertiary/aromatic N) is 6. The Labute approximate surface area is 368 Å². The van der Waals surface area contributed by atoms with Crippen molar-refractivity contribution in [3.05, 3.63) is 100 Å². The maximum atomic E-state index is 14.7. The highest BCUT2D eigenvalue weighted by Crippen LogP contribution is 2.29. The first-order valence-corrected chi connectivity index (χ1v) is 22.8. The number of pyridine rings is 2. The predicted octanol–water partition coefficient (Wildman–Crippen LogP) is 5.26. The number of hydrogen-bond donors (Lipinski definition) is 4. The van der Waals surface area contributed by atoms with E-state index in [1.807, 2.05) is 71.3 Å². The van der Waals surface area contributed by atoms with Gasteiger partial charge in [-0.05, 0) is 104 Å². The molecule has 6 heterocycles. The molecule has 63 heavy (non-hydrogen) atoms. The molecule has 4 N–H and O–H groups in total. The van der Waals surface area contributed by atoms with Crippen molar-refractivity contribution in [2.75, 3.05) is 57.3 Å². The van der Waals surface area contributed by atoms with Gasteiger partial charge in [0.2, 0.25) is 17.7 Å². The molecule has 3 aliphatic rings. The normalized spacial score (nSPS) is 17.5. The van der Waals surface area contributed by atoms with E-state index in [2.05, 4.69) is 42.6 Å². The number of rotatable bonds is 13. The average Bonchev–Trinajstić information content (AvgIpc) is 3.80. The molecule has 2 atom stereocenters. The predicted molar refractivity (Wildman–Crippen MR) is 243 cm³/mol. The summed E-state index contributed by atoms with van der Waals surface area (Å²) in [4.78, 5) is 84.3. The first-order valence-electron chi connectivity index (χ1n) is 22.8. The second-order valence-electron chi connectivity index (χ2n) is 17.6. The van der Waals surface area contributed by atoms with Crippen LogP contribution in [-0.2, 0) is 20.8 Å². The molecule has 0 saturated carbocycles. The summed E-state index contributed by atoms with van der Waals surface area (Å²) in [5.74, 6) is -0.261. The smallest absolute Gasteiger partial charge is 0.318 e. The summed E-state index contributed by atoms with van der Waals surface area (Å²) in [6.45, 7) is 8.47. The van der Waals surface area contributed by atoms with Gasteiger partial charge in [-0.2, -0.15) is 5.10 Å². The Hall–Kier alpha value is -6.25. The summed E-state index contributed by atoms with van der Waals surface area (Å²) in [7, 11) is 0. The summed E-state index contributed by atoms with van der Waals surface area (Å²) in [5.41, 5.74) is 5.19. The van der Waals surface area contributed by atoms with Gasteiger partial charge in [-0.25, -0.2) is 4.79 Å². The number of anilines is 1. The molecular formula is C48H60N10O5. The zero-order chi connectivity index (χ0) is 43.9. The van der Waals surface area contributed by atoms with E-state index in [4.69, 9.17) is 0 Å². The van der Waals surface area contributed by atoms with Crippen molar-refractivity contribution in [3.8, 4) is 0 Å². The average molecular weight is 857 g/mol. The van der Waals surface area contributed by atoms with Crippen LogP contribution in [0.3, 0.4) is 0 Å². The number of piperidine rings is 2. The highest BCUT2D eigenvalue weighted by Gasteiger charge is 2.36. The molecule has 0 bridgehead atoms. The molecule has 5 aromatic rings. The van der Waals surface area contributed by atoms with E-state index >= 15 is 0 Å². The van der Waals surface area contributed by atoms with E-state index in [1.54, 1.807) is 23.5 Å². The minimum absolute atomic E-state index is 0.00849. The van der Waals surface area contributed by atoms with Gasteiger partial charge in [0.05, 0.1) is 11.7 Å². The topological polar surface area (TPSA) is 180 Å². The summed E-state index contributed by atoms with van der Waals surface area (Å²) in [5, 5.41) is 15.4. The second-order valence-corrected chi connectivity index (χ2v) is 17.6. The van der Waals surface area contributed by atoms with Crippen LogP contribution in [0.5, 0.6) is 0 Å². The number of aromatic nitrogens is 4. The van der Waals surface area contributed by atoms with E-state index in [0.29, 0.717) is 78.0 Å². The lowest BCUT2D eigenvalue weighted by Crippen LogP contribution is -2.59. The van der Waals surface area contributed by atoms with Gasteiger partial charge in [0.25, 0.3) is 5.56 Å². The van der Waals surface area contributed by atoms with Crippen LogP contribution in [0.1, 0.15) is 80.9 Å². The Morgan fingerprint density at radius 3 is 2.29 bits per heavy atom. The molecule has 2 aromatic carbocycles. The lowest BCUT2D eigenvalue weighted by molar-refractivity contribution is -0.138. The van der Waals surface area contributed by atoms with Crippen molar-refractivity contribution in [1.29, 1.82) is 0 Å². The number of amides is 5. The Balaban J connectivity index is 0.988. The largest absolute Gasteiger partial charge is 0.368 e. The molecule has 3 aromatic heterocycles. The monoisotopic (exact) mass is 856 g/mol. The Kier molecular flexibility index (Phi) is 13.7. The van der Waals surface area contributed by atoms with Crippen LogP contribution in [0.4, 0.5) is 10.5 Å². The van der Waals surface area contributed by atoms with E-state index in [9.17, 15) is 24.0 Å². The Bertz CT molecular complexity index is 2450. The first-order chi connectivity index (χ1) is 30.6. The number of para-hydroxylation sites is 1. The number of H-pyrrole nitrogens is 2. The van der Waals surface area contributed by atoms with Gasteiger partial charge in [0, 0.05) is 99.7 Å². The number of piperazine rings is 1. The van der Waals surface area contributed by atoms with Crippen LogP contribution < -0.4 is 21.1 Å². The SMILES string of the molecule is CCCCC(=O)N1CCC(C[C@@H](NC(=O)[C@@H](Cc2cc(C)c3[nH]ncc3c2)NC(=O)N2CCC(c3cc4ccccc4[nH]c3=O)CC2)C(=O)N2CCN(c3ccncc3)CC2)CC1. The molecule has 0 aliphatic carbocycles. The van der Waals surface area contributed by atoms with Gasteiger partial charge < -0.3 is 35.2 Å². The van der Waals surface area contributed by atoms with Crippen LogP contribution in [-0.4, -0.2) is 123 Å².